The number of methoxy groups -OCH3 is 4. The minimum atomic E-state index is -0.486. The standard InChI is InChI=1S/C37H47N5O11/c1-45-11-14-49-22-40-33(43)20-25-9-10-32(52-23-50-15-12-46-2)27(17-25)28-18-26(21-34(44)48-4)19-29(35(28)53-24-51-16-13-47-3)36-41-30-7-5-6-8-31(30)42(36)37(38)39/h5-10,17-19H,11-16,20-24H2,1-4H3,(H3,38,39)(H,40,43). The molecule has 53 heavy (non-hydrogen) atoms. The fraction of sp³-hybridized carbons (Fsp3) is 0.405. The van der Waals surface area contributed by atoms with E-state index in [0.717, 1.165) is 0 Å². The van der Waals surface area contributed by atoms with Crippen molar-refractivity contribution in [2.45, 2.75) is 12.8 Å². The Labute approximate surface area is 307 Å². The molecular formula is C37H47N5O11. The van der Waals surface area contributed by atoms with Gasteiger partial charge in [0.25, 0.3) is 0 Å². The Morgan fingerprint density at radius 1 is 0.755 bits per heavy atom. The van der Waals surface area contributed by atoms with E-state index in [0.29, 0.717) is 77.6 Å². The number of esters is 1. The number of rotatable bonds is 23. The van der Waals surface area contributed by atoms with E-state index in [1.54, 1.807) is 63.8 Å². The minimum absolute atomic E-state index is 0.0103. The third-order valence-electron chi connectivity index (χ3n) is 7.72. The molecule has 0 fully saturated rings. The van der Waals surface area contributed by atoms with Crippen LogP contribution in [0.15, 0.2) is 54.6 Å². The van der Waals surface area contributed by atoms with Gasteiger partial charge < -0.3 is 53.7 Å². The number of hydrogen-bond acceptors (Lipinski definition) is 13. The molecule has 0 saturated heterocycles. The van der Waals surface area contributed by atoms with Crippen molar-refractivity contribution in [2.24, 2.45) is 5.73 Å². The number of aromatic nitrogens is 2. The fourth-order valence-electron chi connectivity index (χ4n) is 5.23. The van der Waals surface area contributed by atoms with E-state index in [9.17, 15) is 9.59 Å². The van der Waals surface area contributed by atoms with Crippen LogP contribution in [0, 0.1) is 5.41 Å². The van der Waals surface area contributed by atoms with Gasteiger partial charge in [-0.2, -0.15) is 0 Å². The van der Waals surface area contributed by atoms with Crippen molar-refractivity contribution in [3.63, 3.8) is 0 Å². The monoisotopic (exact) mass is 737 g/mol. The van der Waals surface area contributed by atoms with Gasteiger partial charge in [-0.25, -0.2) is 4.98 Å². The number of hydrogen-bond donors (Lipinski definition) is 3. The number of nitrogen functional groups attached to an aromatic ring is 1. The maximum atomic E-state index is 12.9. The maximum absolute atomic E-state index is 12.9. The zero-order chi connectivity index (χ0) is 38.0. The van der Waals surface area contributed by atoms with Gasteiger partial charge in [-0.1, -0.05) is 18.2 Å². The minimum Gasteiger partial charge on any atom is -0.469 e. The van der Waals surface area contributed by atoms with Gasteiger partial charge in [-0.15, -0.1) is 0 Å². The van der Waals surface area contributed by atoms with E-state index >= 15 is 0 Å². The van der Waals surface area contributed by atoms with Crippen molar-refractivity contribution in [2.75, 3.05) is 88.4 Å². The Morgan fingerprint density at radius 2 is 1.40 bits per heavy atom. The molecule has 16 nitrogen and oxygen atoms in total. The predicted molar refractivity (Wildman–Crippen MR) is 195 cm³/mol. The average molecular weight is 738 g/mol. The highest BCUT2D eigenvalue weighted by molar-refractivity contribution is 5.96. The number of nitrogens with zero attached hydrogens (tertiary/aromatic N) is 2. The van der Waals surface area contributed by atoms with Gasteiger partial charge in [0.15, 0.2) is 25.4 Å². The van der Waals surface area contributed by atoms with Crippen LogP contribution in [-0.2, 0) is 55.6 Å². The van der Waals surface area contributed by atoms with Gasteiger partial charge in [0.05, 0.1) is 76.2 Å². The van der Waals surface area contributed by atoms with Crippen LogP contribution in [0.4, 0.5) is 0 Å². The van der Waals surface area contributed by atoms with E-state index in [1.807, 2.05) is 12.1 Å². The molecule has 286 valence electrons. The van der Waals surface area contributed by atoms with Crippen LogP contribution in [0.25, 0.3) is 33.5 Å². The molecule has 4 rings (SSSR count). The number of amides is 1. The number of benzene rings is 3. The van der Waals surface area contributed by atoms with Gasteiger partial charge in [-0.3, -0.25) is 19.6 Å². The summed E-state index contributed by atoms with van der Waals surface area (Å²) in [7, 11) is 6.01. The van der Waals surface area contributed by atoms with Crippen molar-refractivity contribution >= 4 is 28.9 Å². The van der Waals surface area contributed by atoms with E-state index in [2.05, 4.69) is 5.32 Å². The topological polar surface area (TPSA) is 197 Å². The summed E-state index contributed by atoms with van der Waals surface area (Å²) >= 11 is 0. The Kier molecular flexibility index (Phi) is 16.4. The summed E-state index contributed by atoms with van der Waals surface area (Å²) < 4.78 is 51.0. The second-order valence-corrected chi connectivity index (χ2v) is 11.4. The summed E-state index contributed by atoms with van der Waals surface area (Å²) in [4.78, 5) is 30.5. The number of para-hydroxylation sites is 2. The highest BCUT2D eigenvalue weighted by Gasteiger charge is 2.25. The molecule has 1 heterocycles. The number of carbonyl (C=O) groups is 2. The summed E-state index contributed by atoms with van der Waals surface area (Å²) in [5.74, 6) is -0.0868. The Balaban J connectivity index is 1.91. The summed E-state index contributed by atoms with van der Waals surface area (Å²) in [6.07, 6.45) is -0.0979. The molecule has 0 unspecified atom stereocenters. The van der Waals surface area contributed by atoms with E-state index in [4.69, 9.17) is 58.8 Å². The van der Waals surface area contributed by atoms with Crippen LogP contribution in [0.1, 0.15) is 11.1 Å². The molecule has 0 bridgehead atoms. The van der Waals surface area contributed by atoms with Crippen LogP contribution in [0.3, 0.4) is 0 Å². The summed E-state index contributed by atoms with van der Waals surface area (Å²) in [6, 6.07) is 16.0. The Morgan fingerprint density at radius 3 is 2.08 bits per heavy atom. The van der Waals surface area contributed by atoms with Crippen LogP contribution in [-0.4, -0.2) is 116 Å². The lowest BCUT2D eigenvalue weighted by Crippen LogP contribution is -2.28. The molecule has 1 amide bonds. The number of imidazole rings is 1. The molecule has 0 aliphatic rings. The molecule has 0 radical (unpaired) electrons. The second kappa shape index (κ2) is 21.4. The molecule has 1 aromatic heterocycles. The van der Waals surface area contributed by atoms with E-state index in [1.165, 1.54) is 11.7 Å². The molecule has 0 aliphatic heterocycles. The summed E-state index contributed by atoms with van der Waals surface area (Å²) in [5.41, 5.74) is 9.88. The Hall–Kier alpha value is -5.10. The van der Waals surface area contributed by atoms with Crippen molar-refractivity contribution in [3.8, 4) is 34.0 Å². The van der Waals surface area contributed by atoms with E-state index < -0.39 is 5.97 Å². The quantitative estimate of drug-likeness (QED) is 0.0331. The first-order chi connectivity index (χ1) is 25.8. The first kappa shape index (κ1) is 40.7. The molecular weight excluding hydrogens is 690 g/mol. The van der Waals surface area contributed by atoms with Crippen LogP contribution >= 0.6 is 0 Å². The van der Waals surface area contributed by atoms with Crippen LogP contribution in [0.2, 0.25) is 0 Å². The zero-order valence-corrected chi connectivity index (χ0v) is 30.4. The summed E-state index contributed by atoms with van der Waals surface area (Å²) in [5, 5.41) is 11.3. The largest absolute Gasteiger partial charge is 0.469 e. The predicted octanol–water partition coefficient (Wildman–Crippen LogP) is 3.11. The highest BCUT2D eigenvalue weighted by Crippen LogP contribution is 2.44. The number of nitrogens with two attached hydrogens (primary N) is 1. The zero-order valence-electron chi connectivity index (χ0n) is 30.4. The molecule has 16 heteroatoms. The molecule has 0 atom stereocenters. The number of nitrogens with one attached hydrogen (secondary N) is 2. The van der Waals surface area contributed by atoms with Crippen molar-refractivity contribution in [3.05, 3.63) is 65.7 Å². The van der Waals surface area contributed by atoms with Crippen LogP contribution < -0.4 is 20.5 Å². The SMILES string of the molecule is COCCOCNC(=O)Cc1ccc(OCOCCOC)c(-c2cc(CC(=O)OC)cc(-c3nc4ccccc4n3C(=N)N)c2OCOCCOC)c1. The lowest BCUT2D eigenvalue weighted by Gasteiger charge is -2.21. The highest BCUT2D eigenvalue weighted by atomic mass is 16.7. The number of fused-ring (bicyclic) bond motifs is 1. The number of carbonyl (C=O) groups excluding carboxylic acids is 2. The normalized spacial score (nSPS) is 11.1. The van der Waals surface area contributed by atoms with Gasteiger partial charge in [0, 0.05) is 32.5 Å². The van der Waals surface area contributed by atoms with Crippen molar-refractivity contribution in [1.82, 2.24) is 14.9 Å². The molecule has 0 spiro atoms. The van der Waals surface area contributed by atoms with E-state index in [-0.39, 0.29) is 63.2 Å². The number of ether oxygens (including phenoxy) is 9. The van der Waals surface area contributed by atoms with Gasteiger partial charge >= 0.3 is 5.97 Å². The van der Waals surface area contributed by atoms with Crippen molar-refractivity contribution < 1.29 is 52.2 Å². The molecule has 4 N–H and O–H groups in total. The molecule has 3 aromatic carbocycles. The first-order valence-corrected chi connectivity index (χ1v) is 16.7. The van der Waals surface area contributed by atoms with Crippen LogP contribution in [0.5, 0.6) is 11.5 Å². The van der Waals surface area contributed by atoms with Gasteiger partial charge in [-0.05, 0) is 47.5 Å². The first-order valence-electron chi connectivity index (χ1n) is 16.7. The van der Waals surface area contributed by atoms with Gasteiger partial charge in [0.1, 0.15) is 18.2 Å². The third-order valence-corrected chi connectivity index (χ3v) is 7.72. The lowest BCUT2D eigenvalue weighted by atomic mass is 9.94. The van der Waals surface area contributed by atoms with Crippen molar-refractivity contribution in [1.29, 1.82) is 5.41 Å². The Bertz CT molecular complexity index is 1810. The second-order valence-electron chi connectivity index (χ2n) is 11.4. The molecule has 0 saturated carbocycles. The third kappa shape index (κ3) is 11.7. The fourth-order valence-corrected chi connectivity index (χ4v) is 5.23. The maximum Gasteiger partial charge on any atom is 0.309 e. The molecule has 4 aromatic rings. The van der Waals surface area contributed by atoms with Gasteiger partial charge in [0.2, 0.25) is 5.91 Å². The lowest BCUT2D eigenvalue weighted by molar-refractivity contribution is -0.139. The smallest absolute Gasteiger partial charge is 0.309 e. The average Bonchev–Trinajstić information content (AvgIpc) is 3.55. The summed E-state index contributed by atoms with van der Waals surface area (Å²) in [6.45, 7) is 1.70. The molecule has 0 aliphatic carbocycles.